The molecule has 1 atom stereocenters. The second-order valence-electron chi connectivity index (χ2n) is 4.57. The van der Waals surface area contributed by atoms with E-state index in [1.165, 1.54) is 10.7 Å². The lowest BCUT2D eigenvalue weighted by Gasteiger charge is -2.16. The predicted molar refractivity (Wildman–Crippen MR) is 74.6 cm³/mol. The molecule has 106 valence electrons. The largest absolute Gasteiger partial charge is 0.343 e. The number of benzene rings is 1. The standard InChI is InChI=1S/C12H12BrN3O3S/c13-10-3-1-2-4-11(10)20(17,18)16-6-5-9(7-16)12-14-8-19-15-12/h1-4,8-9H,5-7H2/t9-/m0/s1. The van der Waals surface area contributed by atoms with Gasteiger partial charge in [-0.25, -0.2) is 8.42 Å². The minimum Gasteiger partial charge on any atom is -0.343 e. The molecule has 0 unspecified atom stereocenters. The number of halogens is 1. The Balaban J connectivity index is 1.85. The molecule has 1 aromatic carbocycles. The van der Waals surface area contributed by atoms with Crippen molar-refractivity contribution < 1.29 is 12.9 Å². The van der Waals surface area contributed by atoms with E-state index in [9.17, 15) is 8.42 Å². The number of hydrogen-bond donors (Lipinski definition) is 0. The lowest BCUT2D eigenvalue weighted by Crippen LogP contribution is -2.29. The molecule has 0 saturated carbocycles. The van der Waals surface area contributed by atoms with Crippen molar-refractivity contribution in [1.29, 1.82) is 0 Å². The highest BCUT2D eigenvalue weighted by molar-refractivity contribution is 9.10. The second-order valence-corrected chi connectivity index (χ2v) is 7.33. The van der Waals surface area contributed by atoms with Gasteiger partial charge in [0.1, 0.15) is 0 Å². The van der Waals surface area contributed by atoms with E-state index >= 15 is 0 Å². The highest BCUT2D eigenvalue weighted by atomic mass is 79.9. The van der Waals surface area contributed by atoms with Gasteiger partial charge >= 0.3 is 0 Å². The molecule has 8 heteroatoms. The third kappa shape index (κ3) is 2.38. The van der Waals surface area contributed by atoms with Gasteiger partial charge in [0.05, 0.1) is 4.90 Å². The maximum Gasteiger partial charge on any atom is 0.244 e. The molecule has 6 nitrogen and oxygen atoms in total. The van der Waals surface area contributed by atoms with Gasteiger partial charge in [-0.1, -0.05) is 17.3 Å². The van der Waals surface area contributed by atoms with E-state index in [4.69, 9.17) is 4.52 Å². The van der Waals surface area contributed by atoms with Crippen LogP contribution in [0.3, 0.4) is 0 Å². The SMILES string of the molecule is O=S(=O)(c1ccccc1Br)N1CC[C@H](c2ncon2)C1. The summed E-state index contributed by atoms with van der Waals surface area (Å²) in [6, 6.07) is 6.82. The highest BCUT2D eigenvalue weighted by Crippen LogP contribution is 2.31. The maximum atomic E-state index is 12.6. The lowest BCUT2D eigenvalue weighted by molar-refractivity contribution is 0.403. The van der Waals surface area contributed by atoms with Gasteiger partial charge in [0.25, 0.3) is 0 Å². The van der Waals surface area contributed by atoms with E-state index in [0.717, 1.165) is 0 Å². The smallest absolute Gasteiger partial charge is 0.244 e. The van der Waals surface area contributed by atoms with Crippen LogP contribution in [0.15, 0.2) is 44.6 Å². The summed E-state index contributed by atoms with van der Waals surface area (Å²) in [4.78, 5) is 4.28. The molecule has 0 spiro atoms. The van der Waals surface area contributed by atoms with Gasteiger partial charge in [-0.15, -0.1) is 0 Å². The van der Waals surface area contributed by atoms with Crippen molar-refractivity contribution in [1.82, 2.24) is 14.4 Å². The summed E-state index contributed by atoms with van der Waals surface area (Å²) in [6.45, 7) is 0.839. The fourth-order valence-corrected chi connectivity index (χ4v) is 4.77. The summed E-state index contributed by atoms with van der Waals surface area (Å²) in [5, 5.41) is 3.79. The fraction of sp³-hybridized carbons (Fsp3) is 0.333. The molecule has 0 aliphatic carbocycles. The summed E-state index contributed by atoms with van der Waals surface area (Å²) < 4.78 is 32.0. The van der Waals surface area contributed by atoms with Crippen LogP contribution in [0.4, 0.5) is 0 Å². The van der Waals surface area contributed by atoms with Crippen LogP contribution >= 0.6 is 15.9 Å². The Labute approximate surface area is 125 Å². The molecular weight excluding hydrogens is 346 g/mol. The number of nitrogens with zero attached hydrogens (tertiary/aromatic N) is 3. The van der Waals surface area contributed by atoms with Crippen LogP contribution in [-0.4, -0.2) is 36.0 Å². The van der Waals surface area contributed by atoms with Crippen LogP contribution in [-0.2, 0) is 10.0 Å². The van der Waals surface area contributed by atoms with Crippen LogP contribution in [0.2, 0.25) is 0 Å². The normalized spacial score (nSPS) is 20.4. The van der Waals surface area contributed by atoms with Crippen molar-refractivity contribution >= 4 is 26.0 Å². The van der Waals surface area contributed by atoms with E-state index < -0.39 is 10.0 Å². The first-order valence-corrected chi connectivity index (χ1v) is 8.33. The number of aromatic nitrogens is 2. The topological polar surface area (TPSA) is 76.3 Å². The van der Waals surface area contributed by atoms with Crippen LogP contribution in [0.1, 0.15) is 18.2 Å². The quantitative estimate of drug-likeness (QED) is 0.839. The van der Waals surface area contributed by atoms with Crippen LogP contribution in [0, 0.1) is 0 Å². The molecule has 2 heterocycles. The average molecular weight is 358 g/mol. The number of rotatable bonds is 3. The van der Waals surface area contributed by atoms with Gasteiger partial charge in [0.2, 0.25) is 16.4 Å². The molecule has 2 aromatic rings. The van der Waals surface area contributed by atoms with Crippen molar-refractivity contribution in [2.45, 2.75) is 17.2 Å². The van der Waals surface area contributed by atoms with Gasteiger partial charge < -0.3 is 4.52 Å². The van der Waals surface area contributed by atoms with E-state index in [1.807, 2.05) is 0 Å². The van der Waals surface area contributed by atoms with Crippen LogP contribution < -0.4 is 0 Å². The molecular formula is C12H12BrN3O3S. The lowest BCUT2D eigenvalue weighted by atomic mass is 10.1. The summed E-state index contributed by atoms with van der Waals surface area (Å²) in [5.41, 5.74) is 0. The highest BCUT2D eigenvalue weighted by Gasteiger charge is 2.35. The summed E-state index contributed by atoms with van der Waals surface area (Å²) >= 11 is 3.29. The molecule has 20 heavy (non-hydrogen) atoms. The molecule has 1 saturated heterocycles. The van der Waals surface area contributed by atoms with Crippen LogP contribution in [0.5, 0.6) is 0 Å². The van der Waals surface area contributed by atoms with Crippen molar-refractivity contribution in [3.05, 3.63) is 41.0 Å². The first-order chi connectivity index (χ1) is 9.59. The van der Waals surface area contributed by atoms with Gasteiger partial charge in [0.15, 0.2) is 5.82 Å². The molecule has 0 amide bonds. The molecule has 3 rings (SSSR count). The molecule has 1 aliphatic rings. The van der Waals surface area contributed by atoms with Crippen molar-refractivity contribution in [2.75, 3.05) is 13.1 Å². The molecule has 0 radical (unpaired) electrons. The Hall–Kier alpha value is -1.25. The van der Waals surface area contributed by atoms with Crippen molar-refractivity contribution in [3.8, 4) is 0 Å². The van der Waals surface area contributed by atoms with E-state index in [1.54, 1.807) is 24.3 Å². The fourth-order valence-electron chi connectivity index (χ4n) is 2.31. The van der Waals surface area contributed by atoms with E-state index in [-0.39, 0.29) is 10.8 Å². The molecule has 1 fully saturated rings. The molecule has 1 aliphatic heterocycles. The Kier molecular flexibility index (Phi) is 3.61. The van der Waals surface area contributed by atoms with Gasteiger partial charge in [-0.3, -0.25) is 0 Å². The average Bonchev–Trinajstić information content (AvgIpc) is 3.10. The van der Waals surface area contributed by atoms with Gasteiger partial charge in [-0.2, -0.15) is 9.29 Å². The van der Waals surface area contributed by atoms with Gasteiger partial charge in [-0.05, 0) is 34.5 Å². The summed E-state index contributed by atoms with van der Waals surface area (Å²) in [6.07, 6.45) is 1.96. The third-order valence-corrected chi connectivity index (χ3v) is 6.23. The van der Waals surface area contributed by atoms with E-state index in [2.05, 4.69) is 26.1 Å². The number of sulfonamides is 1. The zero-order chi connectivity index (χ0) is 14.2. The monoisotopic (exact) mass is 357 g/mol. The Morgan fingerprint density at radius 2 is 2.15 bits per heavy atom. The third-order valence-electron chi connectivity index (χ3n) is 3.35. The Morgan fingerprint density at radius 1 is 1.35 bits per heavy atom. The van der Waals surface area contributed by atoms with Crippen molar-refractivity contribution in [3.63, 3.8) is 0 Å². The molecule has 1 aromatic heterocycles. The second kappa shape index (κ2) is 5.27. The molecule has 0 N–H and O–H groups in total. The predicted octanol–water partition coefficient (Wildman–Crippen LogP) is 2.01. The first kappa shape index (κ1) is 13.7. The van der Waals surface area contributed by atoms with Crippen molar-refractivity contribution in [2.24, 2.45) is 0 Å². The zero-order valence-corrected chi connectivity index (χ0v) is 12.8. The number of hydrogen-bond acceptors (Lipinski definition) is 5. The molecule has 0 bridgehead atoms. The Bertz CT molecular complexity index is 702. The minimum absolute atomic E-state index is 0.00832. The first-order valence-electron chi connectivity index (χ1n) is 6.10. The zero-order valence-electron chi connectivity index (χ0n) is 10.4. The van der Waals surface area contributed by atoms with E-state index in [0.29, 0.717) is 29.8 Å². The van der Waals surface area contributed by atoms with Crippen LogP contribution in [0.25, 0.3) is 0 Å². The summed E-state index contributed by atoms with van der Waals surface area (Å²) in [7, 11) is -3.49. The minimum atomic E-state index is -3.49. The maximum absolute atomic E-state index is 12.6. The summed E-state index contributed by atoms with van der Waals surface area (Å²) in [5.74, 6) is 0.556. The Morgan fingerprint density at radius 3 is 2.85 bits per heavy atom. The van der Waals surface area contributed by atoms with Gasteiger partial charge in [0, 0.05) is 23.5 Å².